The topological polar surface area (TPSA) is 3.24 Å². The zero-order valence-corrected chi connectivity index (χ0v) is 13.4. The smallest absolute Gasteiger partial charge is 0.123 e. The fourth-order valence-corrected chi connectivity index (χ4v) is 4.75. The standard InChI is InChI=1S/C19H20FNS/c20-15-8-9-19-16(13-15)17(21-10-4-1-5-11-21)12-14-6-2-3-7-18(14)22-19/h2-3,6-9,13,17H,1,4-5,10-12H2. The number of likely N-dealkylation sites (tertiary alicyclic amines) is 1. The lowest BCUT2D eigenvalue weighted by molar-refractivity contribution is 0.160. The van der Waals surface area contributed by atoms with Gasteiger partial charge in [-0.15, -0.1) is 0 Å². The zero-order chi connectivity index (χ0) is 14.9. The quantitative estimate of drug-likeness (QED) is 0.724. The summed E-state index contributed by atoms with van der Waals surface area (Å²) in [7, 11) is 0. The summed E-state index contributed by atoms with van der Waals surface area (Å²) >= 11 is 1.79. The van der Waals surface area contributed by atoms with E-state index >= 15 is 0 Å². The molecule has 0 spiro atoms. The largest absolute Gasteiger partial charge is 0.296 e. The number of halogens is 1. The van der Waals surface area contributed by atoms with Crippen LogP contribution in [0.1, 0.15) is 36.4 Å². The molecule has 4 rings (SSSR count). The highest BCUT2D eigenvalue weighted by molar-refractivity contribution is 7.99. The molecule has 2 heterocycles. The summed E-state index contributed by atoms with van der Waals surface area (Å²) in [6, 6.07) is 14.2. The highest BCUT2D eigenvalue weighted by Gasteiger charge is 2.28. The second-order valence-electron chi connectivity index (χ2n) is 6.21. The molecular weight excluding hydrogens is 293 g/mol. The van der Waals surface area contributed by atoms with Gasteiger partial charge in [-0.3, -0.25) is 4.90 Å². The van der Waals surface area contributed by atoms with Gasteiger partial charge < -0.3 is 0 Å². The van der Waals surface area contributed by atoms with E-state index < -0.39 is 0 Å². The van der Waals surface area contributed by atoms with Crippen molar-refractivity contribution in [2.45, 2.75) is 41.5 Å². The van der Waals surface area contributed by atoms with Crippen molar-refractivity contribution in [3.05, 3.63) is 59.4 Å². The van der Waals surface area contributed by atoms with Crippen LogP contribution in [0.15, 0.2) is 52.3 Å². The van der Waals surface area contributed by atoms with Crippen molar-refractivity contribution in [1.29, 1.82) is 0 Å². The van der Waals surface area contributed by atoms with Gasteiger partial charge >= 0.3 is 0 Å². The van der Waals surface area contributed by atoms with Crippen molar-refractivity contribution < 1.29 is 4.39 Å². The molecule has 0 aliphatic carbocycles. The lowest BCUT2D eigenvalue weighted by Gasteiger charge is -2.35. The van der Waals surface area contributed by atoms with Gasteiger partial charge in [0.05, 0.1) is 0 Å². The Morgan fingerprint density at radius 3 is 2.64 bits per heavy atom. The van der Waals surface area contributed by atoms with E-state index in [0.717, 1.165) is 19.5 Å². The first kappa shape index (κ1) is 14.3. The first-order valence-electron chi connectivity index (χ1n) is 8.10. The predicted molar refractivity (Wildman–Crippen MR) is 88.8 cm³/mol. The monoisotopic (exact) mass is 313 g/mol. The normalized spacial score (nSPS) is 21.8. The third-order valence-electron chi connectivity index (χ3n) is 4.77. The van der Waals surface area contributed by atoms with Crippen molar-refractivity contribution in [2.24, 2.45) is 0 Å². The van der Waals surface area contributed by atoms with E-state index in [1.807, 2.05) is 6.07 Å². The van der Waals surface area contributed by atoms with Gasteiger partial charge in [0.2, 0.25) is 0 Å². The number of rotatable bonds is 1. The molecule has 2 aliphatic heterocycles. The van der Waals surface area contributed by atoms with Crippen LogP contribution >= 0.6 is 11.8 Å². The summed E-state index contributed by atoms with van der Waals surface area (Å²) in [5, 5.41) is 0. The number of hydrogen-bond donors (Lipinski definition) is 0. The minimum atomic E-state index is -0.118. The minimum absolute atomic E-state index is 0.118. The van der Waals surface area contributed by atoms with Gasteiger partial charge in [-0.2, -0.15) is 0 Å². The Bertz CT molecular complexity index is 679. The first-order valence-corrected chi connectivity index (χ1v) is 8.92. The van der Waals surface area contributed by atoms with Crippen molar-refractivity contribution >= 4 is 11.8 Å². The summed E-state index contributed by atoms with van der Waals surface area (Å²) in [5.41, 5.74) is 2.56. The molecule has 0 amide bonds. The van der Waals surface area contributed by atoms with E-state index in [2.05, 4.69) is 29.2 Å². The van der Waals surface area contributed by atoms with Gasteiger partial charge in [0.25, 0.3) is 0 Å². The SMILES string of the molecule is Fc1ccc2c(c1)C(N1CCCCC1)Cc1ccccc1S2. The predicted octanol–water partition coefficient (Wildman–Crippen LogP) is 5.06. The molecular formula is C19H20FNS. The maximum atomic E-state index is 13.9. The molecule has 0 N–H and O–H groups in total. The molecule has 3 heteroatoms. The molecule has 0 bridgehead atoms. The number of fused-ring (bicyclic) bond motifs is 2. The molecule has 2 aliphatic rings. The van der Waals surface area contributed by atoms with E-state index in [-0.39, 0.29) is 5.82 Å². The summed E-state index contributed by atoms with van der Waals surface area (Å²) in [6.45, 7) is 2.26. The van der Waals surface area contributed by atoms with Crippen molar-refractivity contribution in [2.75, 3.05) is 13.1 Å². The summed E-state index contributed by atoms with van der Waals surface area (Å²) in [4.78, 5) is 5.08. The van der Waals surface area contributed by atoms with Gasteiger partial charge in [0.1, 0.15) is 5.82 Å². The van der Waals surface area contributed by atoms with Crippen molar-refractivity contribution in [1.82, 2.24) is 4.90 Å². The zero-order valence-electron chi connectivity index (χ0n) is 12.6. The van der Waals surface area contributed by atoms with Crippen LogP contribution in [0.25, 0.3) is 0 Å². The summed E-state index contributed by atoms with van der Waals surface area (Å²) in [6.07, 6.45) is 4.83. The Hall–Kier alpha value is -1.32. The Morgan fingerprint density at radius 2 is 1.77 bits per heavy atom. The number of nitrogens with zero attached hydrogens (tertiary/aromatic N) is 1. The Morgan fingerprint density at radius 1 is 0.955 bits per heavy atom. The van der Waals surface area contributed by atoms with Crippen LogP contribution in [0, 0.1) is 5.82 Å². The van der Waals surface area contributed by atoms with Gasteiger partial charge in [-0.05, 0) is 67.7 Å². The average molecular weight is 313 g/mol. The maximum absolute atomic E-state index is 13.9. The Labute approximate surface area is 135 Å². The molecule has 1 atom stereocenters. The third kappa shape index (κ3) is 2.68. The van der Waals surface area contributed by atoms with Crippen LogP contribution in [-0.2, 0) is 6.42 Å². The lowest BCUT2D eigenvalue weighted by atomic mass is 9.95. The molecule has 114 valence electrons. The molecule has 0 aromatic heterocycles. The Kier molecular flexibility index (Phi) is 3.93. The van der Waals surface area contributed by atoms with Crippen LogP contribution in [-0.4, -0.2) is 18.0 Å². The molecule has 0 radical (unpaired) electrons. The second-order valence-corrected chi connectivity index (χ2v) is 7.29. The van der Waals surface area contributed by atoms with Gasteiger partial charge in [-0.25, -0.2) is 4.39 Å². The third-order valence-corrected chi connectivity index (χ3v) is 5.98. The molecule has 2 aromatic rings. The van der Waals surface area contributed by atoms with E-state index in [4.69, 9.17) is 0 Å². The van der Waals surface area contributed by atoms with Crippen LogP contribution < -0.4 is 0 Å². The lowest BCUT2D eigenvalue weighted by Crippen LogP contribution is -2.35. The van der Waals surface area contributed by atoms with Crippen molar-refractivity contribution in [3.8, 4) is 0 Å². The van der Waals surface area contributed by atoms with Gasteiger partial charge in [0.15, 0.2) is 0 Å². The first-order chi connectivity index (χ1) is 10.8. The minimum Gasteiger partial charge on any atom is -0.296 e. The number of piperidine rings is 1. The fourth-order valence-electron chi connectivity index (χ4n) is 3.64. The van der Waals surface area contributed by atoms with Crippen LogP contribution in [0.2, 0.25) is 0 Å². The molecule has 2 aromatic carbocycles. The number of hydrogen-bond acceptors (Lipinski definition) is 2. The fraction of sp³-hybridized carbons (Fsp3) is 0.368. The van der Waals surface area contributed by atoms with Crippen LogP contribution in [0.5, 0.6) is 0 Å². The van der Waals surface area contributed by atoms with E-state index in [1.54, 1.807) is 23.9 Å². The highest BCUT2D eigenvalue weighted by Crippen LogP contribution is 2.43. The summed E-state index contributed by atoms with van der Waals surface area (Å²) in [5.74, 6) is -0.118. The number of benzene rings is 2. The molecule has 1 unspecified atom stereocenters. The highest BCUT2D eigenvalue weighted by atomic mass is 32.2. The second kappa shape index (κ2) is 6.05. The van der Waals surface area contributed by atoms with Gasteiger partial charge in [-0.1, -0.05) is 36.4 Å². The van der Waals surface area contributed by atoms with E-state index in [1.165, 1.54) is 40.2 Å². The van der Waals surface area contributed by atoms with E-state index in [0.29, 0.717) is 6.04 Å². The van der Waals surface area contributed by atoms with Crippen LogP contribution in [0.4, 0.5) is 4.39 Å². The Balaban J connectivity index is 1.80. The van der Waals surface area contributed by atoms with Crippen LogP contribution in [0.3, 0.4) is 0 Å². The molecule has 1 saturated heterocycles. The summed E-state index contributed by atoms with van der Waals surface area (Å²) < 4.78 is 13.9. The molecule has 1 fully saturated rings. The average Bonchev–Trinajstić information content (AvgIpc) is 2.72. The maximum Gasteiger partial charge on any atom is 0.123 e. The molecule has 1 nitrogen and oxygen atoms in total. The molecule has 0 saturated carbocycles. The van der Waals surface area contributed by atoms with E-state index in [9.17, 15) is 4.39 Å². The van der Waals surface area contributed by atoms with Gasteiger partial charge in [0, 0.05) is 15.8 Å². The molecule has 22 heavy (non-hydrogen) atoms. The van der Waals surface area contributed by atoms with Crippen molar-refractivity contribution in [3.63, 3.8) is 0 Å².